The third kappa shape index (κ3) is 4.39. The van der Waals surface area contributed by atoms with Crippen LogP contribution in [-0.4, -0.2) is 4.57 Å². The monoisotopic (exact) mass is 663 g/mol. The molecule has 0 bridgehead atoms. The van der Waals surface area contributed by atoms with Gasteiger partial charge in [-0.05, 0) is 98.2 Å². The van der Waals surface area contributed by atoms with E-state index in [1.165, 1.54) is 76.5 Å². The van der Waals surface area contributed by atoms with Crippen LogP contribution in [0.4, 0.5) is 17.1 Å². The number of aromatic nitrogens is 1. The largest absolute Gasteiger partial charge is 0.359 e. The Bertz CT molecular complexity index is 3000. The molecule has 1 aromatic heterocycles. The quantitative estimate of drug-likeness (QED) is 0.189. The molecule has 11 rings (SSSR count). The van der Waals surface area contributed by atoms with Gasteiger partial charge in [0.15, 0.2) is 0 Å². The minimum absolute atomic E-state index is 0.0253. The summed E-state index contributed by atoms with van der Waals surface area (Å²) < 4.78 is 2.43. The molecule has 244 valence electrons. The molecule has 0 saturated heterocycles. The van der Waals surface area contributed by atoms with E-state index < -0.39 is 0 Å². The number of fused-ring (bicyclic) bond motifs is 9. The zero-order valence-corrected chi connectivity index (χ0v) is 28.4. The maximum Gasteiger partial charge on any atom is 0.130 e. The lowest BCUT2D eigenvalue weighted by atomic mass is 9.95. The number of rotatable bonds is 4. The molecule has 0 spiro atoms. The average Bonchev–Trinajstić information content (AvgIpc) is 3.76. The maximum absolute atomic E-state index is 3.89. The SMILES string of the molecule is c1ccc(C2Nc3ccc4ccc5ccc(-c6cccc(-n7c8ccccc8c8cc9ccccc9cc87)c6)cc5c4c3N2c2ccccc2)cc1. The van der Waals surface area contributed by atoms with Crippen molar-refractivity contribution in [3.8, 4) is 16.8 Å². The van der Waals surface area contributed by atoms with Gasteiger partial charge in [-0.3, -0.25) is 0 Å². The molecule has 1 atom stereocenters. The van der Waals surface area contributed by atoms with E-state index in [2.05, 4.69) is 203 Å². The van der Waals surface area contributed by atoms with E-state index in [4.69, 9.17) is 0 Å². The van der Waals surface area contributed by atoms with Crippen molar-refractivity contribution in [2.75, 3.05) is 10.2 Å². The number of hydrogen-bond donors (Lipinski definition) is 1. The fourth-order valence-corrected chi connectivity index (χ4v) is 8.51. The molecule has 0 amide bonds. The highest BCUT2D eigenvalue weighted by Gasteiger charge is 2.33. The Kier molecular flexibility index (Phi) is 6.31. The summed E-state index contributed by atoms with van der Waals surface area (Å²) in [6.45, 7) is 0. The Morgan fingerprint density at radius 2 is 1.08 bits per heavy atom. The summed E-state index contributed by atoms with van der Waals surface area (Å²) in [4.78, 5) is 2.48. The Morgan fingerprint density at radius 3 is 1.94 bits per heavy atom. The van der Waals surface area contributed by atoms with Crippen LogP contribution in [0.3, 0.4) is 0 Å². The normalized spacial score (nSPS) is 14.1. The molecule has 3 nitrogen and oxygen atoms in total. The van der Waals surface area contributed by atoms with Gasteiger partial charge in [0.05, 0.1) is 22.4 Å². The van der Waals surface area contributed by atoms with Gasteiger partial charge in [-0.15, -0.1) is 0 Å². The second-order valence-electron chi connectivity index (χ2n) is 13.8. The lowest BCUT2D eigenvalue weighted by Gasteiger charge is -2.28. The van der Waals surface area contributed by atoms with E-state index in [-0.39, 0.29) is 6.17 Å². The Morgan fingerprint density at radius 1 is 0.404 bits per heavy atom. The van der Waals surface area contributed by atoms with Gasteiger partial charge in [0, 0.05) is 27.5 Å². The van der Waals surface area contributed by atoms with Gasteiger partial charge >= 0.3 is 0 Å². The van der Waals surface area contributed by atoms with E-state index in [1.807, 2.05) is 0 Å². The van der Waals surface area contributed by atoms with Crippen LogP contribution in [0.5, 0.6) is 0 Å². The summed E-state index contributed by atoms with van der Waals surface area (Å²) in [7, 11) is 0. The van der Waals surface area contributed by atoms with Crippen molar-refractivity contribution in [2.24, 2.45) is 0 Å². The summed E-state index contributed by atoms with van der Waals surface area (Å²) in [5, 5.41) is 13.9. The number of nitrogens with zero attached hydrogens (tertiary/aromatic N) is 2. The molecule has 52 heavy (non-hydrogen) atoms. The first kappa shape index (κ1) is 28.9. The molecule has 2 heterocycles. The third-order valence-corrected chi connectivity index (χ3v) is 10.9. The van der Waals surface area contributed by atoms with Gasteiger partial charge in [-0.2, -0.15) is 0 Å². The molecule has 1 aliphatic heterocycles. The molecule has 1 aliphatic rings. The summed E-state index contributed by atoms with van der Waals surface area (Å²) in [6, 6.07) is 68.7. The number of hydrogen-bond acceptors (Lipinski definition) is 2. The molecule has 9 aromatic carbocycles. The van der Waals surface area contributed by atoms with Gasteiger partial charge < -0.3 is 14.8 Å². The smallest absolute Gasteiger partial charge is 0.130 e. The topological polar surface area (TPSA) is 20.2 Å². The summed E-state index contributed by atoms with van der Waals surface area (Å²) in [5.41, 5.74) is 10.7. The molecule has 1 unspecified atom stereocenters. The van der Waals surface area contributed by atoms with Crippen molar-refractivity contribution in [1.29, 1.82) is 0 Å². The van der Waals surface area contributed by atoms with Gasteiger partial charge in [0.1, 0.15) is 6.17 Å². The highest BCUT2D eigenvalue weighted by molar-refractivity contribution is 6.19. The standard InChI is InChI=1S/C49H33N3/c1-3-12-34(13-4-1)49-50-44-27-26-33-24-22-32-23-25-38(29-42(32)47(33)48(44)52(49)39-17-5-2-6-18-39)35-16-11-19-40(28-35)51-45-21-10-9-20-41(45)43-30-36-14-7-8-15-37(36)31-46(43)51/h1-31,49-50H. The predicted octanol–water partition coefficient (Wildman–Crippen LogP) is 13.2. The summed E-state index contributed by atoms with van der Waals surface area (Å²) in [5.74, 6) is 0. The molecule has 0 radical (unpaired) electrons. The van der Waals surface area contributed by atoms with Crippen molar-refractivity contribution in [1.82, 2.24) is 4.57 Å². The van der Waals surface area contributed by atoms with Gasteiger partial charge in [-0.1, -0.05) is 133 Å². The van der Waals surface area contributed by atoms with Crippen LogP contribution in [0.15, 0.2) is 188 Å². The van der Waals surface area contributed by atoms with Gasteiger partial charge in [-0.25, -0.2) is 0 Å². The van der Waals surface area contributed by atoms with Crippen molar-refractivity contribution >= 4 is 71.2 Å². The van der Waals surface area contributed by atoms with Crippen LogP contribution in [0.25, 0.3) is 70.9 Å². The molecular formula is C49H33N3. The minimum Gasteiger partial charge on any atom is -0.359 e. The van der Waals surface area contributed by atoms with E-state index in [1.54, 1.807) is 0 Å². The second kappa shape index (κ2) is 11.3. The molecular weight excluding hydrogens is 631 g/mol. The fraction of sp³-hybridized carbons (Fsp3) is 0.0204. The van der Waals surface area contributed by atoms with Crippen molar-refractivity contribution in [2.45, 2.75) is 6.17 Å². The van der Waals surface area contributed by atoms with Crippen LogP contribution >= 0.6 is 0 Å². The molecule has 0 aliphatic carbocycles. The van der Waals surface area contributed by atoms with E-state index >= 15 is 0 Å². The van der Waals surface area contributed by atoms with Crippen LogP contribution in [-0.2, 0) is 0 Å². The van der Waals surface area contributed by atoms with Crippen LogP contribution in [0, 0.1) is 0 Å². The number of anilines is 3. The molecule has 3 heteroatoms. The van der Waals surface area contributed by atoms with Crippen molar-refractivity contribution < 1.29 is 0 Å². The van der Waals surface area contributed by atoms with Crippen molar-refractivity contribution in [3.05, 3.63) is 194 Å². The predicted molar refractivity (Wildman–Crippen MR) is 220 cm³/mol. The van der Waals surface area contributed by atoms with Gasteiger partial charge in [0.25, 0.3) is 0 Å². The number of nitrogens with one attached hydrogen (secondary N) is 1. The Balaban J connectivity index is 1.11. The number of para-hydroxylation sites is 2. The molecule has 0 fully saturated rings. The first-order valence-corrected chi connectivity index (χ1v) is 18.0. The Labute approximate surface area is 301 Å². The molecule has 10 aromatic rings. The van der Waals surface area contributed by atoms with Gasteiger partial charge in [0.2, 0.25) is 0 Å². The van der Waals surface area contributed by atoms with E-state index in [0.29, 0.717) is 0 Å². The van der Waals surface area contributed by atoms with Crippen LogP contribution in [0.2, 0.25) is 0 Å². The highest BCUT2D eigenvalue weighted by atomic mass is 15.3. The highest BCUT2D eigenvalue weighted by Crippen LogP contribution is 2.51. The zero-order valence-electron chi connectivity index (χ0n) is 28.4. The first-order chi connectivity index (χ1) is 25.8. The zero-order chi connectivity index (χ0) is 34.2. The lowest BCUT2D eigenvalue weighted by molar-refractivity contribution is 0.830. The lowest BCUT2D eigenvalue weighted by Crippen LogP contribution is -2.23. The average molecular weight is 664 g/mol. The molecule has 0 saturated carbocycles. The Hall–Kier alpha value is -6.84. The van der Waals surface area contributed by atoms with E-state index in [9.17, 15) is 0 Å². The van der Waals surface area contributed by atoms with E-state index in [0.717, 1.165) is 17.1 Å². The number of benzene rings is 9. The second-order valence-corrected chi connectivity index (χ2v) is 13.8. The maximum atomic E-state index is 3.89. The summed E-state index contributed by atoms with van der Waals surface area (Å²) in [6.07, 6.45) is -0.0253. The fourth-order valence-electron chi connectivity index (χ4n) is 8.51. The third-order valence-electron chi connectivity index (χ3n) is 10.9. The first-order valence-electron chi connectivity index (χ1n) is 18.0. The van der Waals surface area contributed by atoms with Crippen LogP contribution in [0.1, 0.15) is 11.7 Å². The van der Waals surface area contributed by atoms with Crippen LogP contribution < -0.4 is 10.2 Å². The molecule has 1 N–H and O–H groups in total. The van der Waals surface area contributed by atoms with Crippen molar-refractivity contribution in [3.63, 3.8) is 0 Å². The summed E-state index contributed by atoms with van der Waals surface area (Å²) >= 11 is 0. The minimum atomic E-state index is -0.0253.